The number of anilines is 2. The highest BCUT2D eigenvalue weighted by molar-refractivity contribution is 7.89. The van der Waals surface area contributed by atoms with Crippen molar-refractivity contribution in [3.05, 3.63) is 50.2 Å². The van der Waals surface area contributed by atoms with Gasteiger partial charge in [0.1, 0.15) is 5.82 Å². The van der Waals surface area contributed by atoms with E-state index >= 15 is 0 Å². The number of nitrogen functional groups attached to an aromatic ring is 1. The molecule has 0 aliphatic carbocycles. The third kappa shape index (κ3) is 4.78. The van der Waals surface area contributed by atoms with Crippen molar-refractivity contribution < 1.29 is 13.2 Å². The molecule has 0 atom stereocenters. The molecule has 0 aliphatic rings. The van der Waals surface area contributed by atoms with Crippen LogP contribution in [0.15, 0.2) is 32.7 Å². The summed E-state index contributed by atoms with van der Waals surface area (Å²) in [5, 5.41) is 0. The Morgan fingerprint density at radius 1 is 1.16 bits per heavy atom. The Bertz CT molecular complexity index is 1210. The molecular weight excluding hydrogens is 434 g/mol. The van der Waals surface area contributed by atoms with Crippen LogP contribution in [0, 0.1) is 6.92 Å². The number of nitrogens with zero attached hydrogens (tertiary/aromatic N) is 3. The number of aromatic amines is 1. The molecule has 0 radical (unpaired) electrons. The highest BCUT2D eigenvalue weighted by atomic mass is 32.2. The Labute approximate surface area is 187 Å². The second kappa shape index (κ2) is 10.1. The molecule has 1 heterocycles. The first-order chi connectivity index (χ1) is 15.0. The van der Waals surface area contributed by atoms with E-state index in [2.05, 4.69) is 4.98 Å². The zero-order valence-electron chi connectivity index (χ0n) is 19.1. The van der Waals surface area contributed by atoms with Crippen LogP contribution in [0.5, 0.6) is 0 Å². The van der Waals surface area contributed by atoms with E-state index in [0.29, 0.717) is 31.6 Å². The van der Waals surface area contributed by atoms with E-state index in [9.17, 15) is 22.8 Å². The summed E-state index contributed by atoms with van der Waals surface area (Å²) < 4.78 is 28.3. The minimum Gasteiger partial charge on any atom is -0.383 e. The number of amides is 1. The highest BCUT2D eigenvalue weighted by Gasteiger charge is 2.26. The van der Waals surface area contributed by atoms with Gasteiger partial charge in [0.2, 0.25) is 10.0 Å². The van der Waals surface area contributed by atoms with E-state index in [1.807, 2.05) is 6.92 Å². The van der Waals surface area contributed by atoms with Gasteiger partial charge in [0.15, 0.2) is 5.69 Å². The molecule has 2 rings (SSSR count). The van der Waals surface area contributed by atoms with Crippen LogP contribution in [-0.4, -0.2) is 48.3 Å². The molecule has 176 valence electrons. The Morgan fingerprint density at radius 2 is 1.78 bits per heavy atom. The van der Waals surface area contributed by atoms with Gasteiger partial charge in [0, 0.05) is 32.2 Å². The van der Waals surface area contributed by atoms with Gasteiger partial charge in [0.25, 0.3) is 11.5 Å². The third-order valence-corrected chi connectivity index (χ3v) is 7.42. The van der Waals surface area contributed by atoms with Crippen molar-refractivity contribution in [1.29, 1.82) is 0 Å². The Balaban J connectivity index is 2.57. The van der Waals surface area contributed by atoms with Gasteiger partial charge in [-0.05, 0) is 31.0 Å². The molecule has 1 aromatic carbocycles. The fourth-order valence-corrected chi connectivity index (χ4v) is 4.91. The number of hydrogen-bond acceptors (Lipinski definition) is 6. The maximum absolute atomic E-state index is 13.3. The molecule has 1 aromatic heterocycles. The van der Waals surface area contributed by atoms with Gasteiger partial charge in [0.05, 0.1) is 4.90 Å². The number of hydrogen-bond donors (Lipinski definition) is 2. The molecule has 1 amide bonds. The van der Waals surface area contributed by atoms with Crippen LogP contribution >= 0.6 is 0 Å². The van der Waals surface area contributed by atoms with Crippen molar-refractivity contribution in [3.63, 3.8) is 0 Å². The summed E-state index contributed by atoms with van der Waals surface area (Å²) in [6.45, 7) is 7.97. The van der Waals surface area contributed by atoms with Crippen molar-refractivity contribution in [2.75, 3.05) is 30.8 Å². The molecule has 32 heavy (non-hydrogen) atoms. The molecule has 2 aromatic rings. The molecular formula is C21H31N5O5S. The van der Waals surface area contributed by atoms with E-state index in [0.717, 1.165) is 11.3 Å². The van der Waals surface area contributed by atoms with Crippen LogP contribution < -0.4 is 21.9 Å². The minimum absolute atomic E-state index is 0.0154. The van der Waals surface area contributed by atoms with Gasteiger partial charge in [-0.2, -0.15) is 4.31 Å². The number of carbonyl (C=O) groups excluding carboxylic acids is 1. The Kier molecular flexibility index (Phi) is 8.02. The Morgan fingerprint density at radius 3 is 2.34 bits per heavy atom. The van der Waals surface area contributed by atoms with Crippen LogP contribution in [0.4, 0.5) is 11.5 Å². The smallest absolute Gasteiger partial charge is 0.330 e. The topological polar surface area (TPSA) is 139 Å². The number of aryl methyl sites for hydroxylation is 1. The second-order valence-electron chi connectivity index (χ2n) is 7.43. The summed E-state index contributed by atoms with van der Waals surface area (Å²) in [6.07, 6.45) is 1.47. The first-order valence-electron chi connectivity index (χ1n) is 10.5. The number of benzene rings is 1. The van der Waals surface area contributed by atoms with Gasteiger partial charge in [-0.3, -0.25) is 19.1 Å². The second-order valence-corrected chi connectivity index (χ2v) is 9.37. The lowest BCUT2D eigenvalue weighted by atomic mass is 10.1. The van der Waals surface area contributed by atoms with Crippen LogP contribution in [0.1, 0.15) is 49.5 Å². The summed E-state index contributed by atoms with van der Waals surface area (Å²) in [5.74, 6) is -0.732. The number of aromatic nitrogens is 2. The van der Waals surface area contributed by atoms with Crippen molar-refractivity contribution >= 4 is 27.4 Å². The standard InChI is InChI=1S/C21H31N5O5S/c1-6-9-12-26-18(22)17(19(27)23-21(26)29)24(5)20(28)16-13-15(11-10-14(16)4)32(30,31)25(7-2)8-3/h10-11,13H,6-9,12,22H2,1-5H3,(H,23,27,29). The number of sulfonamides is 1. The zero-order valence-corrected chi connectivity index (χ0v) is 20.0. The van der Waals surface area contributed by atoms with Crippen molar-refractivity contribution in [2.24, 2.45) is 0 Å². The fraction of sp³-hybridized carbons (Fsp3) is 0.476. The zero-order chi connectivity index (χ0) is 24.2. The average Bonchev–Trinajstić information content (AvgIpc) is 2.73. The largest absolute Gasteiger partial charge is 0.383 e. The number of unbranched alkanes of at least 4 members (excludes halogenated alkanes) is 1. The Hall–Kier alpha value is -2.92. The van der Waals surface area contributed by atoms with Crippen LogP contribution in [0.2, 0.25) is 0 Å². The highest BCUT2D eigenvalue weighted by Crippen LogP contribution is 2.23. The normalized spacial score (nSPS) is 11.7. The first kappa shape index (κ1) is 25.3. The summed E-state index contributed by atoms with van der Waals surface area (Å²) in [7, 11) is -2.41. The van der Waals surface area contributed by atoms with Crippen LogP contribution in [0.25, 0.3) is 0 Å². The van der Waals surface area contributed by atoms with Gasteiger partial charge in [-0.15, -0.1) is 0 Å². The summed E-state index contributed by atoms with van der Waals surface area (Å²) in [6, 6.07) is 4.30. The predicted molar refractivity (Wildman–Crippen MR) is 125 cm³/mol. The molecule has 0 fully saturated rings. The maximum Gasteiger partial charge on any atom is 0.330 e. The van der Waals surface area contributed by atoms with Gasteiger partial charge in [-0.1, -0.05) is 33.3 Å². The van der Waals surface area contributed by atoms with E-state index in [-0.39, 0.29) is 22.0 Å². The van der Waals surface area contributed by atoms with Crippen molar-refractivity contribution in [2.45, 2.75) is 52.0 Å². The van der Waals surface area contributed by atoms with Crippen molar-refractivity contribution in [1.82, 2.24) is 13.9 Å². The van der Waals surface area contributed by atoms with Gasteiger partial charge in [-0.25, -0.2) is 13.2 Å². The summed E-state index contributed by atoms with van der Waals surface area (Å²) in [4.78, 5) is 41.2. The maximum atomic E-state index is 13.3. The molecule has 0 saturated carbocycles. The van der Waals surface area contributed by atoms with E-state index in [4.69, 9.17) is 5.73 Å². The summed E-state index contributed by atoms with van der Waals surface area (Å²) >= 11 is 0. The van der Waals surface area contributed by atoms with E-state index in [1.165, 1.54) is 28.1 Å². The molecule has 0 saturated heterocycles. The lowest BCUT2D eigenvalue weighted by molar-refractivity contribution is 0.0992. The first-order valence-corrected chi connectivity index (χ1v) is 12.0. The number of H-pyrrole nitrogens is 1. The van der Waals surface area contributed by atoms with E-state index < -0.39 is 27.2 Å². The average molecular weight is 466 g/mol. The lowest BCUT2D eigenvalue weighted by Crippen LogP contribution is -2.39. The van der Waals surface area contributed by atoms with Gasteiger partial charge < -0.3 is 10.6 Å². The van der Waals surface area contributed by atoms with E-state index in [1.54, 1.807) is 26.8 Å². The molecule has 0 bridgehead atoms. The number of nitrogens with one attached hydrogen (secondary N) is 1. The molecule has 10 nitrogen and oxygen atoms in total. The third-order valence-electron chi connectivity index (χ3n) is 5.37. The number of rotatable bonds is 9. The van der Waals surface area contributed by atoms with Gasteiger partial charge >= 0.3 is 5.69 Å². The number of nitrogens with two attached hydrogens (primary N) is 1. The molecule has 0 spiro atoms. The minimum atomic E-state index is -3.78. The van der Waals surface area contributed by atoms with Crippen molar-refractivity contribution in [3.8, 4) is 0 Å². The monoisotopic (exact) mass is 465 g/mol. The molecule has 11 heteroatoms. The molecule has 3 N–H and O–H groups in total. The quantitative estimate of drug-likeness (QED) is 0.576. The predicted octanol–water partition coefficient (Wildman–Crippen LogP) is 1.53. The molecule has 0 unspecified atom stereocenters. The SMILES string of the molecule is CCCCn1c(N)c(N(C)C(=O)c2cc(S(=O)(=O)N(CC)CC)ccc2C)c(=O)[nH]c1=O. The van der Waals surface area contributed by atoms with Crippen LogP contribution in [-0.2, 0) is 16.6 Å². The number of carbonyl (C=O) groups is 1. The fourth-order valence-electron chi connectivity index (χ4n) is 3.43. The van der Waals surface area contributed by atoms with Crippen LogP contribution in [0.3, 0.4) is 0 Å². The molecule has 0 aliphatic heterocycles. The summed E-state index contributed by atoms with van der Waals surface area (Å²) in [5.41, 5.74) is 5.16. The lowest BCUT2D eigenvalue weighted by Gasteiger charge is -2.22.